The van der Waals surface area contributed by atoms with Gasteiger partial charge < -0.3 is 10.4 Å². The molecule has 1 aliphatic heterocycles. The third kappa shape index (κ3) is 2.09. The fourth-order valence-corrected chi connectivity index (χ4v) is 2.86. The number of piperidine rings is 1. The quantitative estimate of drug-likeness (QED) is 0.832. The Balaban J connectivity index is 2.45. The van der Waals surface area contributed by atoms with Crippen molar-refractivity contribution in [3.8, 4) is 5.75 Å². The molecular formula is C12H15BrFNO. The summed E-state index contributed by atoms with van der Waals surface area (Å²) in [4.78, 5) is 0. The minimum Gasteiger partial charge on any atom is -0.505 e. The van der Waals surface area contributed by atoms with Gasteiger partial charge >= 0.3 is 0 Å². The molecular weight excluding hydrogens is 273 g/mol. The van der Waals surface area contributed by atoms with Gasteiger partial charge in [0.1, 0.15) is 0 Å². The normalized spacial score (nSPS) is 21.1. The summed E-state index contributed by atoms with van der Waals surface area (Å²) in [5.74, 6) is -0.537. The highest BCUT2D eigenvalue weighted by Crippen LogP contribution is 2.39. The number of hydrogen-bond donors (Lipinski definition) is 2. The molecule has 0 radical (unpaired) electrons. The minimum absolute atomic E-state index is 0.192. The second-order valence-electron chi connectivity index (χ2n) is 4.29. The number of aryl methyl sites for hydroxylation is 1. The maximum Gasteiger partial charge on any atom is 0.165 e. The predicted octanol–water partition coefficient (Wildman–Crippen LogP) is 3.07. The zero-order chi connectivity index (χ0) is 11.7. The molecule has 1 saturated heterocycles. The first-order valence-electron chi connectivity index (χ1n) is 5.49. The van der Waals surface area contributed by atoms with Crippen LogP contribution in [0.25, 0.3) is 0 Å². The standard InChI is InChI=1S/C12H15BrFNO/c1-7-5-9(14)12(16)10(11(7)13)8-3-2-4-15-6-8/h5,8,15-16H,2-4,6H2,1H3. The van der Waals surface area contributed by atoms with Gasteiger partial charge in [-0.05, 0) is 37.9 Å². The summed E-state index contributed by atoms with van der Waals surface area (Å²) >= 11 is 3.45. The van der Waals surface area contributed by atoms with E-state index in [4.69, 9.17) is 0 Å². The molecule has 0 bridgehead atoms. The lowest BCUT2D eigenvalue weighted by Crippen LogP contribution is -2.28. The van der Waals surface area contributed by atoms with Crippen molar-refractivity contribution in [3.05, 3.63) is 27.5 Å². The lowest BCUT2D eigenvalue weighted by Gasteiger charge is -2.25. The fourth-order valence-electron chi connectivity index (χ4n) is 2.24. The van der Waals surface area contributed by atoms with Gasteiger partial charge in [-0.15, -0.1) is 0 Å². The number of hydrogen-bond acceptors (Lipinski definition) is 2. The summed E-state index contributed by atoms with van der Waals surface area (Å²) in [5.41, 5.74) is 1.54. The van der Waals surface area contributed by atoms with Crippen molar-refractivity contribution in [2.45, 2.75) is 25.7 Å². The summed E-state index contributed by atoms with van der Waals surface area (Å²) in [7, 11) is 0. The molecule has 1 aliphatic rings. The van der Waals surface area contributed by atoms with Crippen molar-refractivity contribution in [1.82, 2.24) is 5.32 Å². The van der Waals surface area contributed by atoms with E-state index in [9.17, 15) is 9.50 Å². The summed E-state index contributed by atoms with van der Waals surface area (Å²) in [6.07, 6.45) is 2.05. The van der Waals surface area contributed by atoms with Crippen LogP contribution in [0.5, 0.6) is 5.75 Å². The maximum atomic E-state index is 13.5. The number of benzene rings is 1. The van der Waals surface area contributed by atoms with Crippen molar-refractivity contribution >= 4 is 15.9 Å². The Morgan fingerprint density at radius 2 is 2.31 bits per heavy atom. The number of nitrogens with one attached hydrogen (secondary N) is 1. The molecule has 1 atom stereocenters. The van der Waals surface area contributed by atoms with Crippen LogP contribution < -0.4 is 5.32 Å². The molecule has 88 valence electrons. The fraction of sp³-hybridized carbons (Fsp3) is 0.500. The average molecular weight is 288 g/mol. The van der Waals surface area contributed by atoms with Crippen molar-refractivity contribution in [2.24, 2.45) is 0 Å². The smallest absolute Gasteiger partial charge is 0.165 e. The molecule has 1 aromatic carbocycles. The van der Waals surface area contributed by atoms with Crippen LogP contribution in [0.3, 0.4) is 0 Å². The number of phenolic OH excluding ortho intramolecular Hbond substituents is 1. The summed E-state index contributed by atoms with van der Waals surface area (Å²) < 4.78 is 14.3. The van der Waals surface area contributed by atoms with Crippen molar-refractivity contribution in [2.75, 3.05) is 13.1 Å². The lowest BCUT2D eigenvalue weighted by atomic mass is 9.90. The van der Waals surface area contributed by atoms with Gasteiger partial charge in [-0.25, -0.2) is 4.39 Å². The molecule has 2 N–H and O–H groups in total. The monoisotopic (exact) mass is 287 g/mol. The number of rotatable bonds is 1. The van der Waals surface area contributed by atoms with Gasteiger partial charge in [0.05, 0.1) is 0 Å². The molecule has 0 aromatic heterocycles. The van der Waals surface area contributed by atoms with Gasteiger partial charge in [0, 0.05) is 22.5 Å². The Morgan fingerprint density at radius 3 is 2.94 bits per heavy atom. The third-order valence-electron chi connectivity index (χ3n) is 3.11. The highest BCUT2D eigenvalue weighted by atomic mass is 79.9. The summed E-state index contributed by atoms with van der Waals surface area (Å²) in [6, 6.07) is 1.36. The molecule has 2 nitrogen and oxygen atoms in total. The Hall–Kier alpha value is -0.610. The van der Waals surface area contributed by atoms with Gasteiger partial charge in [0.25, 0.3) is 0 Å². The molecule has 0 saturated carbocycles. The SMILES string of the molecule is Cc1cc(F)c(O)c(C2CCCNC2)c1Br. The van der Waals surface area contributed by atoms with E-state index in [0.717, 1.165) is 36.0 Å². The van der Waals surface area contributed by atoms with Crippen LogP contribution in [-0.2, 0) is 0 Å². The molecule has 4 heteroatoms. The topological polar surface area (TPSA) is 32.3 Å². The Labute approximate surface area is 103 Å². The molecule has 1 unspecified atom stereocenters. The molecule has 1 heterocycles. The van der Waals surface area contributed by atoms with Crippen LogP contribution >= 0.6 is 15.9 Å². The van der Waals surface area contributed by atoms with Gasteiger partial charge in [0.15, 0.2) is 11.6 Å². The molecule has 2 rings (SSSR count). The zero-order valence-electron chi connectivity index (χ0n) is 9.19. The van der Waals surface area contributed by atoms with E-state index in [1.165, 1.54) is 6.07 Å². The highest BCUT2D eigenvalue weighted by Gasteiger charge is 2.24. The minimum atomic E-state index is -0.527. The van der Waals surface area contributed by atoms with E-state index < -0.39 is 5.82 Å². The molecule has 16 heavy (non-hydrogen) atoms. The lowest BCUT2D eigenvalue weighted by molar-refractivity contribution is 0.399. The molecule has 0 aliphatic carbocycles. The second kappa shape index (κ2) is 4.72. The van der Waals surface area contributed by atoms with Crippen LogP contribution in [0.2, 0.25) is 0 Å². The first kappa shape index (κ1) is 11.9. The van der Waals surface area contributed by atoms with Crippen molar-refractivity contribution in [1.29, 1.82) is 0 Å². The van der Waals surface area contributed by atoms with E-state index in [1.807, 2.05) is 6.92 Å². The molecule has 1 fully saturated rings. The van der Waals surface area contributed by atoms with E-state index in [1.54, 1.807) is 0 Å². The van der Waals surface area contributed by atoms with E-state index in [2.05, 4.69) is 21.2 Å². The third-order valence-corrected chi connectivity index (χ3v) is 4.16. The van der Waals surface area contributed by atoms with Crippen molar-refractivity contribution in [3.63, 3.8) is 0 Å². The van der Waals surface area contributed by atoms with Gasteiger partial charge in [-0.3, -0.25) is 0 Å². The van der Waals surface area contributed by atoms with Gasteiger partial charge in [0.2, 0.25) is 0 Å². The molecule has 0 spiro atoms. The van der Waals surface area contributed by atoms with E-state index in [0.29, 0.717) is 5.56 Å². The maximum absolute atomic E-state index is 13.5. The largest absolute Gasteiger partial charge is 0.505 e. The number of halogens is 2. The Bertz CT molecular complexity index is 376. The first-order chi connectivity index (χ1) is 7.61. The van der Waals surface area contributed by atoms with Crippen LogP contribution in [0, 0.1) is 12.7 Å². The van der Waals surface area contributed by atoms with Crippen LogP contribution in [0.1, 0.15) is 29.9 Å². The summed E-state index contributed by atoms with van der Waals surface area (Å²) in [6.45, 7) is 3.64. The van der Waals surface area contributed by atoms with Crippen LogP contribution in [0.15, 0.2) is 10.5 Å². The van der Waals surface area contributed by atoms with E-state index in [-0.39, 0.29) is 11.7 Å². The van der Waals surface area contributed by atoms with Crippen LogP contribution in [-0.4, -0.2) is 18.2 Å². The van der Waals surface area contributed by atoms with Gasteiger partial charge in [-0.1, -0.05) is 15.9 Å². The first-order valence-corrected chi connectivity index (χ1v) is 6.28. The Kier molecular flexibility index (Phi) is 3.50. The van der Waals surface area contributed by atoms with Gasteiger partial charge in [-0.2, -0.15) is 0 Å². The molecule has 0 amide bonds. The number of aromatic hydroxyl groups is 1. The summed E-state index contributed by atoms with van der Waals surface area (Å²) in [5, 5.41) is 13.1. The average Bonchev–Trinajstić information content (AvgIpc) is 2.28. The predicted molar refractivity (Wildman–Crippen MR) is 65.3 cm³/mol. The van der Waals surface area contributed by atoms with E-state index >= 15 is 0 Å². The van der Waals surface area contributed by atoms with Crippen molar-refractivity contribution < 1.29 is 9.50 Å². The van der Waals surface area contributed by atoms with Crippen LogP contribution in [0.4, 0.5) is 4.39 Å². The molecule has 1 aromatic rings. The zero-order valence-corrected chi connectivity index (χ0v) is 10.8. The number of phenols is 1. The Morgan fingerprint density at radius 1 is 1.56 bits per heavy atom. The second-order valence-corrected chi connectivity index (χ2v) is 5.09. The highest BCUT2D eigenvalue weighted by molar-refractivity contribution is 9.10.